The molecule has 0 saturated carbocycles. The van der Waals surface area contributed by atoms with Crippen LogP contribution in [-0.4, -0.2) is 35.9 Å². The quantitative estimate of drug-likeness (QED) is 0.642. The molecule has 0 bridgehead atoms. The van der Waals surface area contributed by atoms with Crippen molar-refractivity contribution in [3.8, 4) is 5.75 Å². The van der Waals surface area contributed by atoms with Crippen molar-refractivity contribution in [2.24, 2.45) is 0 Å². The van der Waals surface area contributed by atoms with Crippen molar-refractivity contribution in [2.45, 2.75) is 26.9 Å². The minimum atomic E-state index is -0.732. The third kappa shape index (κ3) is 5.71. The summed E-state index contributed by atoms with van der Waals surface area (Å²) >= 11 is 9.27. The van der Waals surface area contributed by atoms with Gasteiger partial charge in [-0.15, -0.1) is 0 Å². The molecular formula is C20H22BrClN2O3. The maximum atomic E-state index is 12.5. The third-order valence-electron chi connectivity index (χ3n) is 3.99. The average molecular weight is 454 g/mol. The molecule has 1 N–H and O–H groups in total. The third-order valence-corrected chi connectivity index (χ3v) is 4.85. The smallest absolute Gasteiger partial charge is 0.265 e. The van der Waals surface area contributed by atoms with Crippen LogP contribution in [0.3, 0.4) is 0 Å². The number of halogens is 2. The Kier molecular flexibility index (Phi) is 7.68. The lowest BCUT2D eigenvalue weighted by Crippen LogP contribution is -2.31. The Hall–Kier alpha value is -2.05. The van der Waals surface area contributed by atoms with Crippen molar-refractivity contribution in [3.63, 3.8) is 0 Å². The second-order valence-electron chi connectivity index (χ2n) is 5.88. The number of benzene rings is 2. The average Bonchev–Trinajstić information content (AvgIpc) is 2.65. The van der Waals surface area contributed by atoms with Crippen LogP contribution >= 0.6 is 27.5 Å². The van der Waals surface area contributed by atoms with Crippen LogP contribution in [0.15, 0.2) is 46.9 Å². The molecule has 1 unspecified atom stereocenters. The zero-order chi connectivity index (χ0) is 20.0. The lowest BCUT2D eigenvalue weighted by molar-refractivity contribution is -0.122. The van der Waals surface area contributed by atoms with E-state index in [-0.39, 0.29) is 11.8 Å². The number of amides is 2. The molecule has 0 aromatic heterocycles. The number of nitrogens with one attached hydrogen (secondary N) is 1. The SMILES string of the molecule is CCN(CC)C(=O)c1cccc(NC(=O)C(C)Oc2ccc(Cl)cc2Br)c1. The molecule has 1 atom stereocenters. The van der Waals surface area contributed by atoms with Gasteiger partial charge in [-0.05, 0) is 73.1 Å². The Morgan fingerprint density at radius 1 is 1.19 bits per heavy atom. The maximum absolute atomic E-state index is 12.5. The van der Waals surface area contributed by atoms with Gasteiger partial charge in [0.05, 0.1) is 4.47 Å². The molecule has 0 aliphatic carbocycles. The van der Waals surface area contributed by atoms with Gasteiger partial charge in [0.25, 0.3) is 11.8 Å². The molecule has 0 fully saturated rings. The van der Waals surface area contributed by atoms with E-state index in [2.05, 4.69) is 21.2 Å². The predicted octanol–water partition coefficient (Wildman–Crippen LogP) is 4.99. The fraction of sp³-hybridized carbons (Fsp3) is 0.300. The van der Waals surface area contributed by atoms with E-state index in [0.717, 1.165) is 0 Å². The van der Waals surface area contributed by atoms with E-state index in [0.29, 0.717) is 39.6 Å². The van der Waals surface area contributed by atoms with Gasteiger partial charge in [-0.25, -0.2) is 0 Å². The van der Waals surface area contributed by atoms with Crippen LogP contribution in [0, 0.1) is 0 Å². The van der Waals surface area contributed by atoms with E-state index in [1.54, 1.807) is 54.3 Å². The molecule has 0 heterocycles. The van der Waals surface area contributed by atoms with Crippen LogP contribution in [0.1, 0.15) is 31.1 Å². The minimum Gasteiger partial charge on any atom is -0.480 e. The Bertz CT molecular complexity index is 825. The van der Waals surface area contributed by atoms with Gasteiger partial charge in [-0.2, -0.15) is 0 Å². The molecule has 2 rings (SSSR count). The van der Waals surface area contributed by atoms with E-state index >= 15 is 0 Å². The van der Waals surface area contributed by atoms with Crippen LogP contribution in [0.25, 0.3) is 0 Å². The molecule has 2 aromatic carbocycles. The molecule has 0 radical (unpaired) electrons. The van der Waals surface area contributed by atoms with E-state index in [9.17, 15) is 9.59 Å². The predicted molar refractivity (Wildman–Crippen MR) is 112 cm³/mol. The van der Waals surface area contributed by atoms with Crippen molar-refractivity contribution in [3.05, 3.63) is 57.5 Å². The standard InChI is InChI=1S/C20H22BrClN2O3/c1-4-24(5-2)20(26)14-7-6-8-16(11-14)23-19(25)13(3)27-18-10-9-15(22)12-17(18)21/h6-13H,4-5H2,1-3H3,(H,23,25). The van der Waals surface area contributed by atoms with Gasteiger partial charge in [-0.3, -0.25) is 9.59 Å². The fourth-order valence-electron chi connectivity index (χ4n) is 2.48. The lowest BCUT2D eigenvalue weighted by atomic mass is 10.1. The van der Waals surface area contributed by atoms with Crippen molar-refractivity contribution in [1.29, 1.82) is 0 Å². The molecule has 27 heavy (non-hydrogen) atoms. The van der Waals surface area contributed by atoms with Crippen LogP contribution in [0.5, 0.6) is 5.75 Å². The molecule has 2 aromatic rings. The Labute approximate surface area is 172 Å². The highest BCUT2D eigenvalue weighted by molar-refractivity contribution is 9.10. The summed E-state index contributed by atoms with van der Waals surface area (Å²) in [6.45, 7) is 6.78. The molecule has 0 aliphatic heterocycles. The number of anilines is 1. The van der Waals surface area contributed by atoms with Gasteiger partial charge in [0, 0.05) is 29.4 Å². The summed E-state index contributed by atoms with van der Waals surface area (Å²) in [5.74, 6) is 0.141. The molecule has 0 aliphatic rings. The van der Waals surface area contributed by atoms with E-state index in [1.807, 2.05) is 13.8 Å². The highest BCUT2D eigenvalue weighted by Crippen LogP contribution is 2.29. The van der Waals surface area contributed by atoms with Gasteiger partial charge in [0.2, 0.25) is 0 Å². The highest BCUT2D eigenvalue weighted by Gasteiger charge is 2.18. The summed E-state index contributed by atoms with van der Waals surface area (Å²) in [6, 6.07) is 12.0. The van der Waals surface area contributed by atoms with Crippen molar-refractivity contribution in [1.82, 2.24) is 4.90 Å². The normalized spacial score (nSPS) is 11.6. The first-order valence-corrected chi connectivity index (χ1v) is 9.84. The van der Waals surface area contributed by atoms with Gasteiger partial charge < -0.3 is 15.0 Å². The number of carbonyl (C=O) groups is 2. The van der Waals surface area contributed by atoms with Gasteiger partial charge >= 0.3 is 0 Å². The van der Waals surface area contributed by atoms with Crippen LogP contribution in [0.2, 0.25) is 5.02 Å². The molecular weight excluding hydrogens is 432 g/mol. The Morgan fingerprint density at radius 3 is 2.52 bits per heavy atom. The second kappa shape index (κ2) is 9.76. The monoisotopic (exact) mass is 452 g/mol. The van der Waals surface area contributed by atoms with E-state index in [4.69, 9.17) is 16.3 Å². The highest BCUT2D eigenvalue weighted by atomic mass is 79.9. The van der Waals surface area contributed by atoms with Crippen molar-refractivity contribution < 1.29 is 14.3 Å². The first-order chi connectivity index (χ1) is 12.8. The summed E-state index contributed by atoms with van der Waals surface area (Å²) in [6.07, 6.45) is -0.732. The summed E-state index contributed by atoms with van der Waals surface area (Å²) < 4.78 is 6.36. The van der Waals surface area contributed by atoms with Crippen LogP contribution < -0.4 is 10.1 Å². The molecule has 2 amide bonds. The summed E-state index contributed by atoms with van der Waals surface area (Å²) in [7, 11) is 0. The molecule has 144 valence electrons. The Balaban J connectivity index is 2.06. The first-order valence-electron chi connectivity index (χ1n) is 8.67. The maximum Gasteiger partial charge on any atom is 0.265 e. The summed E-state index contributed by atoms with van der Waals surface area (Å²) in [4.78, 5) is 26.6. The number of hydrogen-bond acceptors (Lipinski definition) is 3. The van der Waals surface area contributed by atoms with E-state index < -0.39 is 6.10 Å². The van der Waals surface area contributed by atoms with Gasteiger partial charge in [0.15, 0.2) is 6.10 Å². The van der Waals surface area contributed by atoms with Crippen molar-refractivity contribution >= 4 is 45.0 Å². The first kappa shape index (κ1) is 21.3. The number of nitrogens with zero attached hydrogens (tertiary/aromatic N) is 1. The zero-order valence-electron chi connectivity index (χ0n) is 15.5. The zero-order valence-corrected chi connectivity index (χ0v) is 17.8. The number of carbonyl (C=O) groups excluding carboxylic acids is 2. The molecule has 7 heteroatoms. The van der Waals surface area contributed by atoms with Gasteiger partial charge in [-0.1, -0.05) is 17.7 Å². The fourth-order valence-corrected chi connectivity index (χ4v) is 3.26. The van der Waals surface area contributed by atoms with Gasteiger partial charge in [0.1, 0.15) is 5.75 Å². The topological polar surface area (TPSA) is 58.6 Å². The number of hydrogen-bond donors (Lipinski definition) is 1. The van der Waals surface area contributed by atoms with E-state index in [1.165, 1.54) is 0 Å². The molecule has 0 spiro atoms. The summed E-state index contributed by atoms with van der Waals surface area (Å²) in [5, 5.41) is 3.36. The van der Waals surface area contributed by atoms with Crippen molar-refractivity contribution in [2.75, 3.05) is 18.4 Å². The van der Waals surface area contributed by atoms with Crippen LogP contribution in [0.4, 0.5) is 5.69 Å². The van der Waals surface area contributed by atoms with Crippen LogP contribution in [-0.2, 0) is 4.79 Å². The minimum absolute atomic E-state index is 0.0644. The number of rotatable bonds is 7. The number of ether oxygens (including phenoxy) is 1. The Morgan fingerprint density at radius 2 is 1.89 bits per heavy atom. The second-order valence-corrected chi connectivity index (χ2v) is 7.17. The largest absolute Gasteiger partial charge is 0.480 e. The summed E-state index contributed by atoms with van der Waals surface area (Å²) in [5.41, 5.74) is 1.08. The molecule has 5 nitrogen and oxygen atoms in total. The molecule has 0 saturated heterocycles. The lowest BCUT2D eigenvalue weighted by Gasteiger charge is -2.19.